The summed E-state index contributed by atoms with van der Waals surface area (Å²) in [5.41, 5.74) is -6.79. The smallest absolute Gasteiger partial charge is 0.253 e. The molecule has 0 aromatic carbocycles. The molecule has 1 nitrogen and oxygen atoms in total. The van der Waals surface area contributed by atoms with E-state index in [1.165, 1.54) is 0 Å². The summed E-state index contributed by atoms with van der Waals surface area (Å²) >= 11 is 0. The van der Waals surface area contributed by atoms with Gasteiger partial charge in [-0.2, -0.15) is 35.1 Å². The molecule has 17 heavy (non-hydrogen) atoms. The van der Waals surface area contributed by atoms with Crippen molar-refractivity contribution in [2.75, 3.05) is 0 Å². The molecule has 0 aromatic rings. The van der Waals surface area contributed by atoms with Crippen molar-refractivity contribution in [1.82, 2.24) is 0 Å². The van der Waals surface area contributed by atoms with Crippen molar-refractivity contribution in [2.45, 2.75) is 18.0 Å². The SMILES string of the molecule is O=C(F)/C(F)=C(\F)C(F)(C(F)(F)F)C(F)(F)F. The van der Waals surface area contributed by atoms with Gasteiger partial charge in [0.2, 0.25) is 5.83 Å². The third kappa shape index (κ3) is 2.52. The second-order valence-corrected chi connectivity index (χ2v) is 2.56. The average molecular weight is 278 g/mol. The van der Waals surface area contributed by atoms with Crippen molar-refractivity contribution in [3.05, 3.63) is 11.7 Å². The van der Waals surface area contributed by atoms with Crippen LogP contribution in [0.3, 0.4) is 0 Å². The van der Waals surface area contributed by atoms with Crippen molar-refractivity contribution in [3.8, 4) is 0 Å². The zero-order valence-corrected chi connectivity index (χ0v) is 7.19. The largest absolute Gasteiger partial charge is 0.438 e. The summed E-state index contributed by atoms with van der Waals surface area (Å²) in [6.07, 6.45) is -13.9. The maximum Gasteiger partial charge on any atom is 0.438 e. The third-order valence-electron chi connectivity index (χ3n) is 1.45. The summed E-state index contributed by atoms with van der Waals surface area (Å²) in [6, 6.07) is -3.60. The number of carbonyl (C=O) groups is 1. The van der Waals surface area contributed by atoms with Gasteiger partial charge >= 0.3 is 24.1 Å². The predicted octanol–water partition coefficient (Wildman–Crippen LogP) is 3.47. The lowest BCUT2D eigenvalue weighted by atomic mass is 10.0. The van der Waals surface area contributed by atoms with Crippen LogP contribution in [0.1, 0.15) is 0 Å². The molecular weight excluding hydrogens is 278 g/mol. The number of hydrogen-bond donors (Lipinski definition) is 0. The molecule has 0 aliphatic carbocycles. The lowest BCUT2D eigenvalue weighted by Crippen LogP contribution is -2.54. The quantitative estimate of drug-likeness (QED) is 0.429. The van der Waals surface area contributed by atoms with Gasteiger partial charge in [-0.05, 0) is 0 Å². The van der Waals surface area contributed by atoms with E-state index in [2.05, 4.69) is 0 Å². The highest BCUT2D eigenvalue weighted by Gasteiger charge is 2.76. The van der Waals surface area contributed by atoms with Gasteiger partial charge in [-0.15, -0.1) is 0 Å². The molecule has 100 valence electrons. The fraction of sp³-hybridized carbons (Fsp3) is 0.500. The highest BCUT2D eigenvalue weighted by molar-refractivity contribution is 5.85. The van der Waals surface area contributed by atoms with Crippen molar-refractivity contribution < 1.29 is 48.7 Å². The molecule has 0 bridgehead atoms. The summed E-state index contributed by atoms with van der Waals surface area (Å²) < 4.78 is 119. The highest BCUT2D eigenvalue weighted by Crippen LogP contribution is 2.51. The van der Waals surface area contributed by atoms with Crippen LogP contribution in [0.2, 0.25) is 0 Å². The first-order valence-corrected chi connectivity index (χ1v) is 3.34. The molecule has 0 N–H and O–H groups in total. The predicted molar refractivity (Wildman–Crippen MR) is 31.3 cm³/mol. The van der Waals surface area contributed by atoms with Crippen LogP contribution in [0, 0.1) is 0 Å². The minimum absolute atomic E-state index is 3.60. The van der Waals surface area contributed by atoms with Crippen LogP contribution in [0.15, 0.2) is 11.7 Å². The van der Waals surface area contributed by atoms with E-state index < -0.39 is 35.7 Å². The standard InChI is InChI=1S/C6F10O/c7-1(3(9)17)2(8)4(10,5(11,12)13)6(14,15)16/b2-1+. The molecule has 0 aliphatic rings. The molecule has 0 fully saturated rings. The van der Waals surface area contributed by atoms with E-state index >= 15 is 0 Å². The lowest BCUT2D eigenvalue weighted by Gasteiger charge is -2.28. The van der Waals surface area contributed by atoms with E-state index in [0.29, 0.717) is 0 Å². The Morgan fingerprint density at radius 1 is 0.706 bits per heavy atom. The van der Waals surface area contributed by atoms with Gasteiger partial charge in [-0.3, -0.25) is 4.79 Å². The minimum atomic E-state index is -6.96. The van der Waals surface area contributed by atoms with Gasteiger partial charge < -0.3 is 0 Å². The highest BCUT2D eigenvalue weighted by atomic mass is 19.4. The Hall–Kier alpha value is -1.29. The zero-order chi connectivity index (χ0) is 14.2. The minimum Gasteiger partial charge on any atom is -0.253 e. The maximum absolute atomic E-state index is 12.6. The van der Waals surface area contributed by atoms with Gasteiger partial charge in [-0.1, -0.05) is 0 Å². The topological polar surface area (TPSA) is 17.1 Å². The molecule has 0 rings (SSSR count). The first kappa shape index (κ1) is 15.7. The molecule has 11 heteroatoms. The molecule has 0 aromatic heterocycles. The van der Waals surface area contributed by atoms with Crippen molar-refractivity contribution in [2.24, 2.45) is 0 Å². The first-order chi connectivity index (χ1) is 7.26. The van der Waals surface area contributed by atoms with Gasteiger partial charge in [0.05, 0.1) is 0 Å². The number of allylic oxidation sites excluding steroid dienone is 2. The number of halogens is 10. The van der Waals surface area contributed by atoms with Gasteiger partial charge in [-0.25, -0.2) is 8.78 Å². The van der Waals surface area contributed by atoms with Gasteiger partial charge in [0.1, 0.15) is 0 Å². The molecule has 0 saturated carbocycles. The average Bonchev–Trinajstić information content (AvgIpc) is 2.10. The van der Waals surface area contributed by atoms with Crippen molar-refractivity contribution in [3.63, 3.8) is 0 Å². The summed E-state index contributed by atoms with van der Waals surface area (Å²) in [4.78, 5) is 9.44. The molecule has 0 amide bonds. The van der Waals surface area contributed by atoms with Crippen LogP contribution in [0.25, 0.3) is 0 Å². The van der Waals surface area contributed by atoms with E-state index in [1.54, 1.807) is 0 Å². The molecule has 0 atom stereocenters. The molecule has 0 radical (unpaired) electrons. The monoisotopic (exact) mass is 278 g/mol. The van der Waals surface area contributed by atoms with Crippen LogP contribution in [-0.2, 0) is 4.79 Å². The van der Waals surface area contributed by atoms with Crippen LogP contribution < -0.4 is 0 Å². The van der Waals surface area contributed by atoms with Crippen LogP contribution in [-0.4, -0.2) is 24.1 Å². The Kier molecular flexibility index (Phi) is 3.87. The third-order valence-corrected chi connectivity index (χ3v) is 1.45. The Bertz CT molecular complexity index is 333. The fourth-order valence-corrected chi connectivity index (χ4v) is 0.647. The summed E-state index contributed by atoms with van der Waals surface area (Å²) in [5.74, 6) is -7.97. The lowest BCUT2D eigenvalue weighted by molar-refractivity contribution is -0.331. The second kappa shape index (κ2) is 4.18. The molecule has 0 aliphatic heterocycles. The summed E-state index contributed by atoms with van der Waals surface area (Å²) in [7, 11) is 0. The van der Waals surface area contributed by atoms with E-state index in [9.17, 15) is 48.7 Å². The number of rotatable bonds is 2. The molecule has 0 saturated heterocycles. The number of carbonyl (C=O) groups excluding carboxylic acids is 1. The number of hydrogen-bond acceptors (Lipinski definition) is 1. The normalized spacial score (nSPS) is 15.6. The van der Waals surface area contributed by atoms with Crippen LogP contribution >= 0.6 is 0 Å². The maximum atomic E-state index is 12.6. The second-order valence-electron chi connectivity index (χ2n) is 2.56. The Balaban J connectivity index is 6.04. The van der Waals surface area contributed by atoms with Crippen molar-refractivity contribution in [1.29, 1.82) is 0 Å². The summed E-state index contributed by atoms with van der Waals surface area (Å²) in [5, 5.41) is 0. The Labute approximate surface area is 85.7 Å². The van der Waals surface area contributed by atoms with Crippen LogP contribution in [0.4, 0.5) is 43.9 Å². The molecule has 0 spiro atoms. The molecule has 0 unspecified atom stereocenters. The van der Waals surface area contributed by atoms with Gasteiger partial charge in [0, 0.05) is 0 Å². The van der Waals surface area contributed by atoms with E-state index in [0.717, 1.165) is 0 Å². The first-order valence-electron chi connectivity index (χ1n) is 3.34. The molecular formula is C6F10O. The Morgan fingerprint density at radius 2 is 1.00 bits per heavy atom. The van der Waals surface area contributed by atoms with Gasteiger partial charge in [0.25, 0.3) is 0 Å². The Morgan fingerprint density at radius 3 is 1.18 bits per heavy atom. The summed E-state index contributed by atoms with van der Waals surface area (Å²) in [6.45, 7) is 0. The molecule has 0 heterocycles. The van der Waals surface area contributed by atoms with E-state index in [1.807, 2.05) is 0 Å². The number of alkyl halides is 7. The van der Waals surface area contributed by atoms with Crippen LogP contribution in [0.5, 0.6) is 0 Å². The zero-order valence-electron chi connectivity index (χ0n) is 7.19. The van der Waals surface area contributed by atoms with Gasteiger partial charge in [0.15, 0.2) is 5.83 Å². The van der Waals surface area contributed by atoms with E-state index in [4.69, 9.17) is 0 Å². The fourth-order valence-electron chi connectivity index (χ4n) is 0.647. The van der Waals surface area contributed by atoms with Crippen molar-refractivity contribution >= 4 is 6.04 Å². The van der Waals surface area contributed by atoms with E-state index in [-0.39, 0.29) is 0 Å².